The Labute approximate surface area is 147 Å². The van der Waals surface area contributed by atoms with Gasteiger partial charge in [-0.15, -0.1) is 24.2 Å². The SMILES string of the molecule is Cl.NC1C(=O)N2C=C(C(=O)OCc3ccc([N+](=O)[O-])cc3)CS[C@H]12. The van der Waals surface area contributed by atoms with Crippen molar-refractivity contribution in [3.05, 3.63) is 51.7 Å². The van der Waals surface area contributed by atoms with Crippen molar-refractivity contribution in [3.8, 4) is 0 Å². The molecule has 3 rings (SSSR count). The number of non-ortho nitro benzene ring substituents is 1. The Kier molecular flexibility index (Phi) is 5.47. The van der Waals surface area contributed by atoms with Crippen LogP contribution in [-0.2, 0) is 20.9 Å². The maximum atomic E-state index is 12.0. The number of carbonyl (C=O) groups is 2. The fraction of sp³-hybridized carbons (Fsp3) is 0.286. The molecule has 24 heavy (non-hydrogen) atoms. The van der Waals surface area contributed by atoms with Crippen LogP contribution in [0.2, 0.25) is 0 Å². The molecule has 0 saturated carbocycles. The summed E-state index contributed by atoms with van der Waals surface area (Å²) in [6.45, 7) is 0.00965. The summed E-state index contributed by atoms with van der Waals surface area (Å²) in [5, 5.41) is 10.5. The summed E-state index contributed by atoms with van der Waals surface area (Å²) in [4.78, 5) is 35.1. The molecule has 0 bridgehead atoms. The van der Waals surface area contributed by atoms with E-state index in [4.69, 9.17) is 10.5 Å². The summed E-state index contributed by atoms with van der Waals surface area (Å²) < 4.78 is 5.18. The van der Waals surface area contributed by atoms with Crippen LogP contribution in [0.5, 0.6) is 0 Å². The molecule has 128 valence electrons. The monoisotopic (exact) mass is 371 g/mol. The highest BCUT2D eigenvalue weighted by Crippen LogP contribution is 2.35. The largest absolute Gasteiger partial charge is 0.457 e. The molecule has 1 aromatic carbocycles. The predicted octanol–water partition coefficient (Wildman–Crippen LogP) is 1.19. The summed E-state index contributed by atoms with van der Waals surface area (Å²) in [6.07, 6.45) is 1.49. The highest BCUT2D eigenvalue weighted by atomic mass is 35.5. The molecule has 1 aromatic rings. The van der Waals surface area contributed by atoms with Crippen molar-refractivity contribution in [1.29, 1.82) is 0 Å². The lowest BCUT2D eigenvalue weighted by atomic mass is 10.1. The Bertz CT molecular complexity index is 709. The van der Waals surface area contributed by atoms with Gasteiger partial charge in [-0.25, -0.2) is 4.79 Å². The smallest absolute Gasteiger partial charge is 0.336 e. The molecule has 1 fully saturated rings. The first-order chi connectivity index (χ1) is 11.0. The summed E-state index contributed by atoms with van der Waals surface area (Å²) in [5.41, 5.74) is 6.68. The summed E-state index contributed by atoms with van der Waals surface area (Å²) in [6, 6.07) is 5.26. The highest BCUT2D eigenvalue weighted by Gasteiger charge is 2.47. The van der Waals surface area contributed by atoms with E-state index in [1.165, 1.54) is 47.1 Å². The van der Waals surface area contributed by atoms with E-state index in [9.17, 15) is 19.7 Å². The Hall–Kier alpha value is -2.10. The van der Waals surface area contributed by atoms with E-state index in [-0.39, 0.29) is 36.0 Å². The van der Waals surface area contributed by atoms with Gasteiger partial charge in [0.05, 0.1) is 10.5 Å². The molecule has 8 nitrogen and oxygen atoms in total. The van der Waals surface area contributed by atoms with Crippen molar-refractivity contribution in [2.24, 2.45) is 5.73 Å². The molecule has 1 saturated heterocycles. The zero-order valence-corrected chi connectivity index (χ0v) is 13.9. The topological polar surface area (TPSA) is 116 Å². The second-order valence-corrected chi connectivity index (χ2v) is 6.23. The van der Waals surface area contributed by atoms with Crippen molar-refractivity contribution in [2.45, 2.75) is 18.0 Å². The number of nitrogens with two attached hydrogens (primary N) is 1. The Morgan fingerprint density at radius 1 is 1.42 bits per heavy atom. The van der Waals surface area contributed by atoms with Gasteiger partial charge >= 0.3 is 5.97 Å². The third-order valence-electron chi connectivity index (χ3n) is 3.60. The van der Waals surface area contributed by atoms with Crippen LogP contribution in [0.1, 0.15) is 5.56 Å². The van der Waals surface area contributed by atoms with Crippen molar-refractivity contribution >= 4 is 41.7 Å². The average molecular weight is 372 g/mol. The lowest BCUT2D eigenvalue weighted by Crippen LogP contribution is -2.66. The summed E-state index contributed by atoms with van der Waals surface area (Å²) in [5.74, 6) is -0.285. The molecular formula is C14H14ClN3O5S. The molecule has 10 heteroatoms. The molecule has 2 heterocycles. The molecule has 2 atom stereocenters. The molecule has 0 radical (unpaired) electrons. The number of thioether (sulfide) groups is 1. The van der Waals surface area contributed by atoms with E-state index in [0.717, 1.165) is 0 Å². The standard InChI is InChI=1S/C14H13N3O5S.ClH/c15-11-12(18)16-5-9(7-23-13(11)16)14(19)22-6-8-1-3-10(4-2-8)17(20)21;/h1-5,11,13H,6-7,15H2;1H/t11?,13-;/m1./s1. The third-order valence-corrected chi connectivity index (χ3v) is 4.94. The number of esters is 1. The van der Waals surface area contributed by atoms with Gasteiger partial charge in [0.15, 0.2) is 0 Å². The minimum Gasteiger partial charge on any atom is -0.457 e. The van der Waals surface area contributed by atoms with Crippen LogP contribution >= 0.6 is 24.2 Å². The van der Waals surface area contributed by atoms with Gasteiger partial charge in [-0.1, -0.05) is 0 Å². The number of carbonyl (C=O) groups excluding carboxylic acids is 2. The van der Waals surface area contributed by atoms with Crippen LogP contribution < -0.4 is 5.73 Å². The second-order valence-electron chi connectivity index (χ2n) is 5.13. The molecule has 0 spiro atoms. The van der Waals surface area contributed by atoms with Crippen LogP contribution in [0.25, 0.3) is 0 Å². The zero-order chi connectivity index (χ0) is 16.6. The van der Waals surface area contributed by atoms with E-state index < -0.39 is 16.9 Å². The van der Waals surface area contributed by atoms with Crippen LogP contribution in [-0.4, -0.2) is 38.9 Å². The Balaban J connectivity index is 0.00000208. The maximum Gasteiger partial charge on any atom is 0.336 e. The first kappa shape index (κ1) is 18.2. The molecule has 1 unspecified atom stereocenters. The lowest BCUT2D eigenvalue weighted by molar-refractivity contribution is -0.384. The number of nitrogens with zero attached hydrogens (tertiary/aromatic N) is 2. The number of nitro groups is 1. The number of ether oxygens (including phenoxy) is 1. The second kappa shape index (κ2) is 7.20. The van der Waals surface area contributed by atoms with E-state index >= 15 is 0 Å². The van der Waals surface area contributed by atoms with Gasteiger partial charge < -0.3 is 15.4 Å². The molecule has 1 amide bonds. The molecule has 2 N–H and O–H groups in total. The fourth-order valence-corrected chi connectivity index (χ4v) is 3.47. The number of rotatable bonds is 4. The number of hydrogen-bond donors (Lipinski definition) is 1. The Morgan fingerprint density at radius 3 is 2.71 bits per heavy atom. The van der Waals surface area contributed by atoms with Crippen molar-refractivity contribution in [3.63, 3.8) is 0 Å². The number of nitro benzene ring substituents is 1. The van der Waals surface area contributed by atoms with Gasteiger partial charge in [-0.3, -0.25) is 14.9 Å². The van der Waals surface area contributed by atoms with Gasteiger partial charge in [0.25, 0.3) is 5.69 Å². The van der Waals surface area contributed by atoms with Gasteiger partial charge in [-0.2, -0.15) is 0 Å². The van der Waals surface area contributed by atoms with E-state index in [1.807, 2.05) is 0 Å². The van der Waals surface area contributed by atoms with Crippen LogP contribution in [0.4, 0.5) is 5.69 Å². The summed E-state index contributed by atoms with van der Waals surface area (Å²) >= 11 is 1.42. The van der Waals surface area contributed by atoms with E-state index in [2.05, 4.69) is 0 Å². The first-order valence-electron chi connectivity index (χ1n) is 6.78. The normalized spacial score (nSPS) is 21.8. The zero-order valence-electron chi connectivity index (χ0n) is 12.3. The van der Waals surface area contributed by atoms with E-state index in [1.54, 1.807) is 0 Å². The number of halogens is 1. The minimum absolute atomic E-state index is 0. The fourth-order valence-electron chi connectivity index (χ4n) is 2.28. The van der Waals surface area contributed by atoms with Gasteiger partial charge in [0, 0.05) is 24.1 Å². The lowest BCUT2D eigenvalue weighted by Gasteiger charge is -2.45. The predicted molar refractivity (Wildman–Crippen MR) is 89.3 cm³/mol. The number of amides is 1. The van der Waals surface area contributed by atoms with Crippen molar-refractivity contribution in [2.75, 3.05) is 5.75 Å². The molecule has 0 aliphatic carbocycles. The van der Waals surface area contributed by atoms with Crippen LogP contribution in [0.3, 0.4) is 0 Å². The minimum atomic E-state index is -0.512. The Morgan fingerprint density at radius 2 is 2.08 bits per heavy atom. The summed E-state index contributed by atoms with van der Waals surface area (Å²) in [7, 11) is 0. The first-order valence-corrected chi connectivity index (χ1v) is 7.83. The molecular weight excluding hydrogens is 358 g/mol. The van der Waals surface area contributed by atoms with Crippen LogP contribution in [0, 0.1) is 10.1 Å². The van der Waals surface area contributed by atoms with Gasteiger partial charge in [-0.05, 0) is 17.7 Å². The average Bonchev–Trinajstić information content (AvgIpc) is 2.58. The van der Waals surface area contributed by atoms with Crippen LogP contribution in [0.15, 0.2) is 36.0 Å². The van der Waals surface area contributed by atoms with Crippen molar-refractivity contribution in [1.82, 2.24) is 4.90 Å². The molecule has 2 aliphatic heterocycles. The molecule has 2 aliphatic rings. The number of β-lactam (4-membered cyclic amide) rings is 1. The number of benzene rings is 1. The quantitative estimate of drug-likeness (QED) is 0.365. The third kappa shape index (κ3) is 3.37. The molecule has 0 aromatic heterocycles. The number of hydrogen-bond acceptors (Lipinski definition) is 7. The van der Waals surface area contributed by atoms with Gasteiger partial charge in [0.1, 0.15) is 18.0 Å². The van der Waals surface area contributed by atoms with E-state index in [0.29, 0.717) is 16.9 Å². The van der Waals surface area contributed by atoms with Gasteiger partial charge in [0.2, 0.25) is 5.91 Å². The maximum absolute atomic E-state index is 12.0. The highest BCUT2D eigenvalue weighted by molar-refractivity contribution is 8.00. The number of fused-ring (bicyclic) bond motifs is 1. The van der Waals surface area contributed by atoms with Crippen molar-refractivity contribution < 1.29 is 19.2 Å².